The molecule has 1 N–H and O–H groups in total. The van der Waals surface area contributed by atoms with E-state index in [9.17, 15) is 4.79 Å². The number of methoxy groups -OCH3 is 1. The summed E-state index contributed by atoms with van der Waals surface area (Å²) in [6.07, 6.45) is 1.90. The molecule has 0 spiro atoms. The van der Waals surface area contributed by atoms with Crippen molar-refractivity contribution in [3.63, 3.8) is 0 Å². The summed E-state index contributed by atoms with van der Waals surface area (Å²) in [5.74, 6) is 0.906. The Labute approximate surface area is 169 Å². The van der Waals surface area contributed by atoms with Gasteiger partial charge in [0, 0.05) is 18.8 Å². The Morgan fingerprint density at radius 3 is 2.96 bits per heavy atom. The number of piperidine rings is 1. The van der Waals surface area contributed by atoms with Crippen LogP contribution in [0.4, 0.5) is 10.8 Å². The Bertz CT molecular complexity index is 1010. The smallest absolute Gasteiger partial charge is 0.229 e. The molecule has 3 aromatic rings. The third-order valence-electron chi connectivity index (χ3n) is 5.51. The van der Waals surface area contributed by atoms with Crippen LogP contribution < -0.4 is 15.0 Å². The van der Waals surface area contributed by atoms with Gasteiger partial charge in [-0.25, -0.2) is 4.98 Å². The summed E-state index contributed by atoms with van der Waals surface area (Å²) in [7, 11) is 1.67. The molecule has 1 fully saturated rings. The minimum absolute atomic E-state index is 0.0322. The minimum atomic E-state index is -0.0322. The van der Waals surface area contributed by atoms with Gasteiger partial charge in [-0.05, 0) is 62.1 Å². The van der Waals surface area contributed by atoms with Gasteiger partial charge in [0.05, 0.1) is 23.2 Å². The molecule has 1 unspecified atom stereocenters. The molecule has 5 nitrogen and oxygen atoms in total. The minimum Gasteiger partial charge on any atom is -0.497 e. The number of carbonyl (C=O) groups excluding carboxylic acids is 1. The molecule has 6 heteroatoms. The summed E-state index contributed by atoms with van der Waals surface area (Å²) in [6, 6.07) is 12.0. The molecule has 0 bridgehead atoms. The highest BCUT2D eigenvalue weighted by Gasteiger charge is 2.28. The molecule has 146 valence electrons. The van der Waals surface area contributed by atoms with Crippen molar-refractivity contribution in [2.45, 2.75) is 26.7 Å². The number of hydrogen-bond donors (Lipinski definition) is 1. The fraction of sp³-hybridized carbons (Fsp3) is 0.364. The van der Waals surface area contributed by atoms with E-state index in [2.05, 4.69) is 23.2 Å². The number of aryl methyl sites for hydroxylation is 1. The first-order valence-corrected chi connectivity index (χ1v) is 10.4. The average Bonchev–Trinajstić information content (AvgIpc) is 3.14. The molecule has 1 aliphatic heterocycles. The Balaban J connectivity index is 1.49. The van der Waals surface area contributed by atoms with Crippen molar-refractivity contribution in [1.82, 2.24) is 4.98 Å². The van der Waals surface area contributed by atoms with Gasteiger partial charge in [0.15, 0.2) is 5.13 Å². The van der Waals surface area contributed by atoms with Crippen LogP contribution in [-0.2, 0) is 4.79 Å². The topological polar surface area (TPSA) is 54.5 Å². The van der Waals surface area contributed by atoms with Crippen molar-refractivity contribution in [3.8, 4) is 5.75 Å². The van der Waals surface area contributed by atoms with Crippen LogP contribution in [-0.4, -0.2) is 31.1 Å². The van der Waals surface area contributed by atoms with Gasteiger partial charge in [0.25, 0.3) is 0 Å². The Hall–Kier alpha value is -2.60. The number of aromatic nitrogens is 1. The first-order valence-electron chi connectivity index (χ1n) is 9.62. The van der Waals surface area contributed by atoms with Gasteiger partial charge in [-0.1, -0.05) is 23.5 Å². The van der Waals surface area contributed by atoms with Gasteiger partial charge in [-0.3, -0.25) is 4.79 Å². The lowest BCUT2D eigenvalue weighted by molar-refractivity contribution is -0.120. The number of nitrogens with one attached hydrogen (secondary N) is 1. The maximum atomic E-state index is 12.9. The third kappa shape index (κ3) is 3.69. The first kappa shape index (κ1) is 18.7. The zero-order chi connectivity index (χ0) is 19.7. The van der Waals surface area contributed by atoms with Crippen molar-refractivity contribution >= 4 is 38.3 Å². The van der Waals surface area contributed by atoms with Gasteiger partial charge >= 0.3 is 0 Å². The van der Waals surface area contributed by atoms with Crippen LogP contribution in [0.2, 0.25) is 0 Å². The quantitative estimate of drug-likeness (QED) is 0.691. The largest absolute Gasteiger partial charge is 0.497 e. The summed E-state index contributed by atoms with van der Waals surface area (Å²) >= 11 is 1.66. The fourth-order valence-electron chi connectivity index (χ4n) is 3.64. The highest BCUT2D eigenvalue weighted by Crippen LogP contribution is 2.33. The second kappa shape index (κ2) is 7.80. The van der Waals surface area contributed by atoms with Gasteiger partial charge in [-0.15, -0.1) is 0 Å². The zero-order valence-electron chi connectivity index (χ0n) is 16.5. The average molecular weight is 396 g/mol. The second-order valence-corrected chi connectivity index (χ2v) is 8.36. The van der Waals surface area contributed by atoms with E-state index in [0.717, 1.165) is 51.7 Å². The van der Waals surface area contributed by atoms with E-state index >= 15 is 0 Å². The molecule has 4 rings (SSSR count). The molecule has 0 saturated carbocycles. The van der Waals surface area contributed by atoms with Gasteiger partial charge in [0.1, 0.15) is 5.75 Å². The van der Waals surface area contributed by atoms with E-state index in [-0.39, 0.29) is 11.8 Å². The Kier molecular flexibility index (Phi) is 5.22. The maximum Gasteiger partial charge on any atom is 0.229 e. The van der Waals surface area contributed by atoms with Crippen molar-refractivity contribution in [2.75, 3.05) is 30.4 Å². The summed E-state index contributed by atoms with van der Waals surface area (Å²) < 4.78 is 6.42. The number of benzene rings is 2. The van der Waals surface area contributed by atoms with E-state index in [0.29, 0.717) is 6.54 Å². The van der Waals surface area contributed by atoms with Crippen molar-refractivity contribution in [3.05, 3.63) is 47.5 Å². The molecule has 2 aromatic carbocycles. The van der Waals surface area contributed by atoms with Crippen LogP contribution >= 0.6 is 11.3 Å². The standard InChI is InChI=1S/C22H25N3O2S/c1-14-6-4-8-18(15(14)2)23-21(26)16-7-5-11-25(13-16)22-24-19-10-9-17(27-3)12-20(19)28-22/h4,6,8-10,12,16H,5,7,11,13H2,1-3H3,(H,23,26). The molecule has 0 aliphatic carbocycles. The van der Waals surface area contributed by atoms with Crippen LogP contribution in [0.3, 0.4) is 0 Å². The molecular formula is C22H25N3O2S. The van der Waals surface area contributed by atoms with E-state index < -0.39 is 0 Å². The number of thiazole rings is 1. The second-order valence-electron chi connectivity index (χ2n) is 7.35. The van der Waals surface area contributed by atoms with E-state index in [1.165, 1.54) is 5.56 Å². The molecule has 1 aliphatic rings. The summed E-state index contributed by atoms with van der Waals surface area (Å²) in [5.41, 5.74) is 4.20. The SMILES string of the molecule is COc1ccc2nc(N3CCCC(C(=O)Nc4cccc(C)c4C)C3)sc2c1. The van der Waals surface area contributed by atoms with Crippen LogP contribution in [0, 0.1) is 19.8 Å². The molecule has 0 radical (unpaired) electrons. The zero-order valence-corrected chi connectivity index (χ0v) is 17.3. The lowest BCUT2D eigenvalue weighted by atomic mass is 9.97. The number of hydrogen-bond acceptors (Lipinski definition) is 5. The maximum absolute atomic E-state index is 12.9. The van der Waals surface area contributed by atoms with Crippen molar-refractivity contribution < 1.29 is 9.53 Å². The Morgan fingerprint density at radius 2 is 2.14 bits per heavy atom. The lowest BCUT2D eigenvalue weighted by Gasteiger charge is -2.31. The summed E-state index contributed by atoms with van der Waals surface area (Å²) in [5, 5.41) is 4.11. The van der Waals surface area contributed by atoms with Gasteiger partial charge in [0.2, 0.25) is 5.91 Å². The number of carbonyl (C=O) groups is 1. The van der Waals surface area contributed by atoms with E-state index in [4.69, 9.17) is 9.72 Å². The van der Waals surface area contributed by atoms with Crippen LogP contribution in [0.15, 0.2) is 36.4 Å². The van der Waals surface area contributed by atoms with Crippen LogP contribution in [0.1, 0.15) is 24.0 Å². The van der Waals surface area contributed by atoms with Crippen LogP contribution in [0.25, 0.3) is 10.2 Å². The molecule has 1 amide bonds. The molecule has 28 heavy (non-hydrogen) atoms. The molecular weight excluding hydrogens is 370 g/mol. The predicted octanol–water partition coefficient (Wildman–Crippen LogP) is 4.78. The Morgan fingerprint density at radius 1 is 1.29 bits per heavy atom. The number of ether oxygens (including phenoxy) is 1. The fourth-order valence-corrected chi connectivity index (χ4v) is 4.67. The molecule has 1 aromatic heterocycles. The highest BCUT2D eigenvalue weighted by molar-refractivity contribution is 7.22. The van der Waals surface area contributed by atoms with Gasteiger partial charge in [-0.2, -0.15) is 0 Å². The molecule has 1 atom stereocenters. The summed E-state index contributed by atoms with van der Waals surface area (Å²) in [6.45, 7) is 5.75. The molecule has 2 heterocycles. The number of amides is 1. The number of rotatable bonds is 4. The van der Waals surface area contributed by atoms with Crippen molar-refractivity contribution in [1.29, 1.82) is 0 Å². The number of fused-ring (bicyclic) bond motifs is 1. The highest BCUT2D eigenvalue weighted by atomic mass is 32.1. The molecule has 1 saturated heterocycles. The summed E-state index contributed by atoms with van der Waals surface area (Å²) in [4.78, 5) is 19.9. The van der Waals surface area contributed by atoms with Crippen molar-refractivity contribution in [2.24, 2.45) is 5.92 Å². The first-order chi connectivity index (χ1) is 13.5. The third-order valence-corrected chi connectivity index (χ3v) is 6.59. The normalized spacial score (nSPS) is 17.0. The lowest BCUT2D eigenvalue weighted by Crippen LogP contribution is -2.40. The number of nitrogens with zero attached hydrogens (tertiary/aromatic N) is 2. The van der Waals surface area contributed by atoms with E-state index in [1.54, 1.807) is 18.4 Å². The van der Waals surface area contributed by atoms with E-state index in [1.807, 2.05) is 37.3 Å². The monoisotopic (exact) mass is 395 g/mol. The van der Waals surface area contributed by atoms with Crippen LogP contribution in [0.5, 0.6) is 5.75 Å². The predicted molar refractivity (Wildman–Crippen MR) is 116 cm³/mol. The number of anilines is 2. The van der Waals surface area contributed by atoms with Gasteiger partial charge < -0.3 is 15.0 Å².